The third kappa shape index (κ3) is 3.76. The molecule has 2 N–H and O–H groups in total. The molecule has 2 aromatic heterocycles. The van der Waals surface area contributed by atoms with Crippen LogP contribution in [0.5, 0.6) is 0 Å². The predicted octanol–water partition coefficient (Wildman–Crippen LogP) is 3.24. The number of amides is 1. The molecule has 3 aromatic rings. The Morgan fingerprint density at radius 1 is 1.20 bits per heavy atom. The average molecular weight is 371 g/mol. The zero-order chi connectivity index (χ0) is 18.0. The van der Waals surface area contributed by atoms with Crippen molar-refractivity contribution in [2.24, 2.45) is 0 Å². The van der Waals surface area contributed by atoms with E-state index >= 15 is 0 Å². The van der Waals surface area contributed by atoms with E-state index in [0.29, 0.717) is 5.69 Å². The first kappa shape index (κ1) is 16.9. The van der Waals surface area contributed by atoms with Crippen molar-refractivity contribution in [1.82, 2.24) is 20.2 Å². The third-order valence-corrected chi connectivity index (χ3v) is 3.77. The summed E-state index contributed by atoms with van der Waals surface area (Å²) in [7, 11) is 0. The predicted molar refractivity (Wildman–Crippen MR) is 81.7 cm³/mol. The Labute approximate surface area is 142 Å². The van der Waals surface area contributed by atoms with Gasteiger partial charge in [0.05, 0.1) is 11.3 Å². The minimum Gasteiger partial charge on any atom is -0.298 e. The van der Waals surface area contributed by atoms with Crippen LogP contribution in [0.1, 0.15) is 16.1 Å². The number of benzene rings is 1. The lowest BCUT2D eigenvalue weighted by Gasteiger charge is -2.09. The Morgan fingerprint density at radius 2 is 1.92 bits per heavy atom. The summed E-state index contributed by atoms with van der Waals surface area (Å²) in [5, 5.41) is 5.17. The number of rotatable bonds is 4. The summed E-state index contributed by atoms with van der Waals surface area (Å²) >= 11 is 1.07. The minimum atomic E-state index is -4.81. The first-order valence-electron chi connectivity index (χ1n) is 6.73. The van der Waals surface area contributed by atoms with E-state index in [-0.39, 0.29) is 5.13 Å². The molecule has 3 rings (SSSR count). The summed E-state index contributed by atoms with van der Waals surface area (Å²) in [5.74, 6) is -1.53. The van der Waals surface area contributed by atoms with E-state index in [4.69, 9.17) is 0 Å². The molecule has 1 aromatic carbocycles. The van der Waals surface area contributed by atoms with Crippen LogP contribution in [0.25, 0.3) is 5.13 Å². The molecule has 0 fully saturated rings. The molecule has 0 bridgehead atoms. The number of hydrazine groups is 1. The second-order valence-electron chi connectivity index (χ2n) is 4.73. The Kier molecular flexibility index (Phi) is 4.40. The van der Waals surface area contributed by atoms with E-state index in [2.05, 4.69) is 20.9 Å². The number of halogens is 4. The molecule has 0 radical (unpaired) electrons. The van der Waals surface area contributed by atoms with E-state index in [0.717, 1.165) is 34.3 Å². The summed E-state index contributed by atoms with van der Waals surface area (Å²) in [5.41, 5.74) is 2.83. The maximum Gasteiger partial charge on any atom is 0.435 e. The highest BCUT2D eigenvalue weighted by Gasteiger charge is 2.39. The van der Waals surface area contributed by atoms with Crippen molar-refractivity contribution >= 4 is 22.9 Å². The van der Waals surface area contributed by atoms with Gasteiger partial charge in [0.25, 0.3) is 5.91 Å². The third-order valence-electron chi connectivity index (χ3n) is 3.01. The van der Waals surface area contributed by atoms with Crippen LogP contribution < -0.4 is 10.9 Å². The summed E-state index contributed by atoms with van der Waals surface area (Å²) in [6, 6.07) is 4.91. The van der Waals surface area contributed by atoms with Crippen molar-refractivity contribution in [3.05, 3.63) is 59.1 Å². The first-order chi connectivity index (χ1) is 11.8. The Morgan fingerprint density at radius 3 is 2.52 bits per heavy atom. The largest absolute Gasteiger partial charge is 0.435 e. The molecule has 0 spiro atoms. The lowest BCUT2D eigenvalue weighted by molar-refractivity contribution is -0.141. The number of anilines is 1. The fourth-order valence-corrected chi connectivity index (χ4v) is 2.47. The number of hydrogen-bond acceptors (Lipinski definition) is 5. The molecular weight excluding hydrogens is 362 g/mol. The van der Waals surface area contributed by atoms with Crippen molar-refractivity contribution in [1.29, 1.82) is 0 Å². The molecule has 130 valence electrons. The second kappa shape index (κ2) is 6.51. The van der Waals surface area contributed by atoms with Gasteiger partial charge in [-0.05, 0) is 24.3 Å². The standard InChI is InChI=1S/C14H9F4N5OS/c15-8-1-3-9(4-2-8)20-21-12(24)10-7-23(13-19-5-6-25-13)22-11(10)14(16,17)18/h1-7,20H,(H,21,24). The van der Waals surface area contributed by atoms with Crippen LogP contribution in [-0.2, 0) is 6.18 Å². The number of hydrogen-bond donors (Lipinski definition) is 2. The van der Waals surface area contributed by atoms with E-state index < -0.39 is 29.2 Å². The zero-order valence-electron chi connectivity index (χ0n) is 12.2. The molecule has 0 atom stereocenters. The van der Waals surface area contributed by atoms with Gasteiger partial charge in [-0.25, -0.2) is 14.1 Å². The van der Waals surface area contributed by atoms with Gasteiger partial charge in [-0.2, -0.15) is 18.3 Å². The number of carbonyl (C=O) groups is 1. The molecular formula is C14H9F4N5OS. The summed E-state index contributed by atoms with van der Waals surface area (Å²) in [6.45, 7) is 0. The Balaban J connectivity index is 1.84. The molecule has 0 aliphatic heterocycles. The van der Waals surface area contributed by atoms with Crippen molar-refractivity contribution in [3.8, 4) is 5.13 Å². The maximum absolute atomic E-state index is 13.1. The van der Waals surface area contributed by atoms with Gasteiger partial charge in [-0.1, -0.05) is 0 Å². The number of alkyl halides is 3. The van der Waals surface area contributed by atoms with Crippen LogP contribution in [0.4, 0.5) is 23.2 Å². The lowest BCUT2D eigenvalue weighted by atomic mass is 10.2. The monoisotopic (exact) mass is 371 g/mol. The minimum absolute atomic E-state index is 0.191. The average Bonchev–Trinajstić information content (AvgIpc) is 3.22. The van der Waals surface area contributed by atoms with Crippen molar-refractivity contribution in [2.45, 2.75) is 6.18 Å². The molecule has 0 unspecified atom stereocenters. The normalized spacial score (nSPS) is 11.4. The maximum atomic E-state index is 13.1. The molecule has 11 heteroatoms. The molecule has 0 saturated carbocycles. The van der Waals surface area contributed by atoms with Gasteiger partial charge in [0, 0.05) is 17.8 Å². The molecule has 2 heterocycles. The van der Waals surface area contributed by atoms with Gasteiger partial charge < -0.3 is 0 Å². The zero-order valence-corrected chi connectivity index (χ0v) is 13.0. The lowest BCUT2D eigenvalue weighted by Crippen LogP contribution is -2.30. The fourth-order valence-electron chi connectivity index (χ4n) is 1.91. The number of nitrogens with zero attached hydrogens (tertiary/aromatic N) is 3. The number of carbonyl (C=O) groups excluding carboxylic acids is 1. The van der Waals surface area contributed by atoms with Crippen LogP contribution in [0.3, 0.4) is 0 Å². The summed E-state index contributed by atoms with van der Waals surface area (Å²) in [6.07, 6.45) is -2.46. The van der Waals surface area contributed by atoms with Crippen molar-refractivity contribution in [2.75, 3.05) is 5.43 Å². The van der Waals surface area contributed by atoms with Crippen LogP contribution in [-0.4, -0.2) is 20.7 Å². The number of thiazole rings is 1. The van der Waals surface area contributed by atoms with Crippen molar-refractivity contribution in [3.63, 3.8) is 0 Å². The Hall–Kier alpha value is -2.95. The van der Waals surface area contributed by atoms with Gasteiger partial charge >= 0.3 is 6.18 Å². The molecule has 0 aliphatic carbocycles. The van der Waals surface area contributed by atoms with E-state index in [1.807, 2.05) is 0 Å². The van der Waals surface area contributed by atoms with Gasteiger partial charge in [0.1, 0.15) is 5.82 Å². The topological polar surface area (TPSA) is 71.8 Å². The Bertz CT molecular complexity index is 874. The first-order valence-corrected chi connectivity index (χ1v) is 7.61. The van der Waals surface area contributed by atoms with Gasteiger partial charge in [0.15, 0.2) is 5.69 Å². The molecule has 0 aliphatic rings. The highest BCUT2D eigenvalue weighted by molar-refractivity contribution is 7.12. The van der Waals surface area contributed by atoms with Crippen LogP contribution in [0, 0.1) is 5.82 Å². The number of nitrogens with one attached hydrogen (secondary N) is 2. The summed E-state index contributed by atoms with van der Waals surface area (Å²) in [4.78, 5) is 16.0. The molecule has 1 amide bonds. The van der Waals surface area contributed by atoms with Crippen LogP contribution in [0.15, 0.2) is 42.0 Å². The smallest absolute Gasteiger partial charge is 0.298 e. The quantitative estimate of drug-likeness (QED) is 0.546. The fraction of sp³-hybridized carbons (Fsp3) is 0.0714. The van der Waals surface area contributed by atoms with Crippen molar-refractivity contribution < 1.29 is 22.4 Å². The molecule has 6 nitrogen and oxygen atoms in total. The number of aromatic nitrogens is 3. The van der Waals surface area contributed by atoms with Gasteiger partial charge in [-0.15, -0.1) is 11.3 Å². The van der Waals surface area contributed by atoms with Crippen LogP contribution >= 0.6 is 11.3 Å². The van der Waals surface area contributed by atoms with Crippen LogP contribution in [0.2, 0.25) is 0 Å². The summed E-state index contributed by atoms with van der Waals surface area (Å²) < 4.78 is 53.1. The second-order valence-corrected chi connectivity index (χ2v) is 5.61. The SMILES string of the molecule is O=C(NNc1ccc(F)cc1)c1cn(-c2nccs2)nc1C(F)(F)F. The van der Waals surface area contributed by atoms with Gasteiger partial charge in [-0.3, -0.25) is 15.6 Å². The van der Waals surface area contributed by atoms with E-state index in [1.165, 1.54) is 18.3 Å². The highest BCUT2D eigenvalue weighted by Crippen LogP contribution is 2.31. The highest BCUT2D eigenvalue weighted by atomic mass is 32.1. The molecule has 0 saturated heterocycles. The molecule has 25 heavy (non-hydrogen) atoms. The van der Waals surface area contributed by atoms with E-state index in [1.54, 1.807) is 5.38 Å². The van der Waals surface area contributed by atoms with E-state index in [9.17, 15) is 22.4 Å². The van der Waals surface area contributed by atoms with Gasteiger partial charge in [0.2, 0.25) is 5.13 Å².